The molecular weight excluding hydrogens is 382 g/mol. The van der Waals surface area contributed by atoms with Gasteiger partial charge in [-0.05, 0) is 48.0 Å². The Morgan fingerprint density at radius 3 is 2.27 bits per heavy atom. The van der Waals surface area contributed by atoms with Gasteiger partial charge in [0, 0.05) is 28.7 Å². The minimum Gasteiger partial charge on any atom is -0.494 e. The Kier molecular flexibility index (Phi) is 4.10. The summed E-state index contributed by atoms with van der Waals surface area (Å²) in [5.41, 5.74) is 1.12. The van der Waals surface area contributed by atoms with Crippen LogP contribution < -0.4 is 10.7 Å². The molecule has 0 fully saturated rings. The van der Waals surface area contributed by atoms with E-state index in [2.05, 4.69) is 20.0 Å². The summed E-state index contributed by atoms with van der Waals surface area (Å²) in [5, 5.41) is 23.3. The monoisotopic (exact) mass is 397 g/mol. The molecule has 8 nitrogen and oxygen atoms in total. The fraction of sp³-hybridized carbons (Fsp3) is 0.0455. The average molecular weight is 397 g/mol. The fourth-order valence-corrected chi connectivity index (χ4v) is 3.37. The van der Waals surface area contributed by atoms with Crippen LogP contribution in [0.3, 0.4) is 0 Å². The van der Waals surface area contributed by atoms with Crippen molar-refractivity contribution in [3.63, 3.8) is 0 Å². The van der Waals surface area contributed by atoms with E-state index in [9.17, 15) is 15.0 Å². The Labute approximate surface area is 169 Å². The number of carbonyl (C=O) groups is 1. The molecule has 2 aromatic heterocycles. The van der Waals surface area contributed by atoms with Gasteiger partial charge in [-0.2, -0.15) is 4.99 Å². The van der Waals surface area contributed by atoms with Gasteiger partial charge in [0.05, 0.1) is 17.3 Å². The van der Waals surface area contributed by atoms with E-state index < -0.39 is 5.91 Å². The summed E-state index contributed by atoms with van der Waals surface area (Å²) in [7, 11) is 0. The van der Waals surface area contributed by atoms with Crippen molar-refractivity contribution in [3.8, 4) is 11.8 Å². The molecule has 0 atom stereocenters. The number of pyridine rings is 1. The van der Waals surface area contributed by atoms with Crippen LogP contribution in [-0.2, 0) is 6.54 Å². The third-order valence-corrected chi connectivity index (χ3v) is 4.87. The maximum atomic E-state index is 12.6. The summed E-state index contributed by atoms with van der Waals surface area (Å²) in [5.74, 6) is -0.665. The standard InChI is InChI=1S/C22H15N5O3/c28-19(26-22-24-17-3-1-2-4-18(17)25-22)14-5-6-15-16(11-14)21(30)27(20(15)29)12-13-7-9-23-10-8-13/h1-11,29-30H,12H2. The van der Waals surface area contributed by atoms with E-state index in [1.165, 1.54) is 10.6 Å². The predicted octanol–water partition coefficient (Wildman–Crippen LogP) is 1.94. The second-order valence-electron chi connectivity index (χ2n) is 6.78. The number of carbonyl (C=O) groups excluding carboxylic acids is 1. The molecule has 2 N–H and O–H groups in total. The number of nitrogens with zero attached hydrogens (tertiary/aromatic N) is 5. The number of hydrogen-bond acceptors (Lipinski definition) is 4. The first-order valence-corrected chi connectivity index (χ1v) is 9.19. The van der Waals surface area contributed by atoms with E-state index in [0.717, 1.165) is 5.56 Å². The van der Waals surface area contributed by atoms with Crippen LogP contribution in [0, 0.1) is 0 Å². The van der Waals surface area contributed by atoms with Crippen molar-refractivity contribution in [3.05, 3.63) is 88.8 Å². The maximum Gasteiger partial charge on any atom is 0.280 e. The zero-order chi connectivity index (χ0) is 20.7. The molecule has 1 aliphatic heterocycles. The largest absolute Gasteiger partial charge is 0.494 e. The third kappa shape index (κ3) is 3.00. The Hall–Kier alpha value is -4.33. The SMILES string of the molecule is O=C(N=C1N=c2ccccc2=N1)c1ccc2c(O)n(Cc3ccncc3)c(O)c2c1. The number of rotatable bonds is 3. The number of amides is 1. The van der Waals surface area contributed by atoms with Crippen molar-refractivity contribution in [2.45, 2.75) is 6.54 Å². The number of fused-ring (bicyclic) bond motifs is 2. The smallest absolute Gasteiger partial charge is 0.280 e. The molecular formula is C22H15N5O3. The number of aromatic nitrogens is 2. The minimum absolute atomic E-state index is 0.0825. The first-order valence-electron chi connectivity index (χ1n) is 9.19. The lowest BCUT2D eigenvalue weighted by Gasteiger charge is -2.06. The normalized spacial score (nSPS) is 12.3. The van der Waals surface area contributed by atoms with Crippen molar-refractivity contribution in [2.75, 3.05) is 0 Å². The number of para-hydroxylation sites is 2. The average Bonchev–Trinajstić information content (AvgIpc) is 3.28. The van der Waals surface area contributed by atoms with Crippen LogP contribution in [0.5, 0.6) is 11.8 Å². The van der Waals surface area contributed by atoms with Gasteiger partial charge < -0.3 is 10.2 Å². The molecule has 1 amide bonds. The fourth-order valence-electron chi connectivity index (χ4n) is 3.37. The van der Waals surface area contributed by atoms with Crippen molar-refractivity contribution >= 4 is 22.6 Å². The van der Waals surface area contributed by atoms with Gasteiger partial charge in [-0.15, -0.1) is 0 Å². The van der Waals surface area contributed by atoms with Crippen LogP contribution in [0.15, 0.2) is 82.0 Å². The summed E-state index contributed by atoms with van der Waals surface area (Å²) < 4.78 is 1.37. The van der Waals surface area contributed by atoms with E-state index >= 15 is 0 Å². The van der Waals surface area contributed by atoms with Gasteiger partial charge in [0.1, 0.15) is 0 Å². The summed E-state index contributed by atoms with van der Waals surface area (Å²) >= 11 is 0. The van der Waals surface area contributed by atoms with Crippen LogP contribution in [0.25, 0.3) is 10.8 Å². The molecule has 0 unspecified atom stereocenters. The van der Waals surface area contributed by atoms with E-state index in [-0.39, 0.29) is 29.8 Å². The van der Waals surface area contributed by atoms with Gasteiger partial charge in [0.15, 0.2) is 0 Å². The Morgan fingerprint density at radius 2 is 1.57 bits per heavy atom. The second kappa shape index (κ2) is 6.93. The van der Waals surface area contributed by atoms with E-state index in [0.29, 0.717) is 21.5 Å². The van der Waals surface area contributed by atoms with Crippen LogP contribution >= 0.6 is 0 Å². The highest BCUT2D eigenvalue weighted by molar-refractivity contribution is 6.06. The lowest BCUT2D eigenvalue weighted by Crippen LogP contribution is -2.19. The summed E-state index contributed by atoms with van der Waals surface area (Å²) in [4.78, 5) is 29.0. The molecule has 0 saturated carbocycles. The number of aromatic hydroxyl groups is 2. The molecule has 30 heavy (non-hydrogen) atoms. The molecule has 0 spiro atoms. The van der Waals surface area contributed by atoms with Crippen LogP contribution in [0.1, 0.15) is 15.9 Å². The third-order valence-electron chi connectivity index (χ3n) is 4.87. The lowest BCUT2D eigenvalue weighted by molar-refractivity contribution is 0.100. The van der Waals surface area contributed by atoms with E-state index in [1.807, 2.05) is 12.1 Å². The number of benzene rings is 2. The van der Waals surface area contributed by atoms with Crippen molar-refractivity contribution in [1.82, 2.24) is 9.55 Å². The van der Waals surface area contributed by atoms with Crippen LogP contribution in [0.2, 0.25) is 0 Å². The van der Waals surface area contributed by atoms with Crippen molar-refractivity contribution in [2.24, 2.45) is 15.0 Å². The highest BCUT2D eigenvalue weighted by Gasteiger charge is 2.18. The number of guanidine groups is 1. The molecule has 0 aliphatic carbocycles. The molecule has 0 radical (unpaired) electrons. The van der Waals surface area contributed by atoms with Gasteiger partial charge in [0.25, 0.3) is 11.9 Å². The van der Waals surface area contributed by atoms with Gasteiger partial charge in [0.2, 0.25) is 11.8 Å². The van der Waals surface area contributed by atoms with Gasteiger partial charge in [-0.1, -0.05) is 12.1 Å². The highest BCUT2D eigenvalue weighted by Crippen LogP contribution is 2.37. The summed E-state index contributed by atoms with van der Waals surface area (Å²) in [6.07, 6.45) is 3.28. The zero-order valence-electron chi connectivity index (χ0n) is 15.6. The molecule has 146 valence electrons. The molecule has 0 saturated heterocycles. The molecule has 0 bridgehead atoms. The molecule has 4 aromatic rings. The van der Waals surface area contributed by atoms with Gasteiger partial charge in [-0.25, -0.2) is 9.98 Å². The zero-order valence-corrected chi connectivity index (χ0v) is 15.6. The van der Waals surface area contributed by atoms with E-state index in [4.69, 9.17) is 0 Å². The highest BCUT2D eigenvalue weighted by atomic mass is 16.3. The topological polar surface area (TPSA) is 112 Å². The Morgan fingerprint density at radius 1 is 0.900 bits per heavy atom. The van der Waals surface area contributed by atoms with Crippen molar-refractivity contribution < 1.29 is 15.0 Å². The molecule has 2 aromatic carbocycles. The molecule has 3 heterocycles. The van der Waals surface area contributed by atoms with Crippen LogP contribution in [-0.4, -0.2) is 31.6 Å². The number of hydrogen-bond donors (Lipinski definition) is 2. The predicted molar refractivity (Wildman–Crippen MR) is 109 cm³/mol. The molecule has 1 aliphatic rings. The Balaban J connectivity index is 1.51. The first kappa shape index (κ1) is 17.7. The van der Waals surface area contributed by atoms with E-state index in [1.54, 1.807) is 48.8 Å². The second-order valence-corrected chi connectivity index (χ2v) is 6.78. The molecule has 8 heteroatoms. The van der Waals surface area contributed by atoms with Crippen molar-refractivity contribution in [1.29, 1.82) is 0 Å². The Bertz CT molecular complexity index is 1420. The van der Waals surface area contributed by atoms with Gasteiger partial charge >= 0.3 is 0 Å². The quantitative estimate of drug-likeness (QED) is 0.550. The van der Waals surface area contributed by atoms with Gasteiger partial charge in [-0.3, -0.25) is 14.3 Å². The first-order chi connectivity index (χ1) is 14.6. The van der Waals surface area contributed by atoms with Crippen LogP contribution in [0.4, 0.5) is 0 Å². The summed E-state index contributed by atoms with van der Waals surface area (Å²) in [6.45, 7) is 0.260. The molecule has 5 rings (SSSR count). The summed E-state index contributed by atoms with van der Waals surface area (Å²) in [6, 6.07) is 15.5. The minimum atomic E-state index is -0.534. The number of aliphatic imine (C=N–C) groups is 1. The lowest BCUT2D eigenvalue weighted by atomic mass is 10.1. The maximum absolute atomic E-state index is 12.6.